The van der Waals surface area contributed by atoms with E-state index in [1.165, 1.54) is 18.2 Å². The first-order valence-corrected chi connectivity index (χ1v) is 7.34. The summed E-state index contributed by atoms with van der Waals surface area (Å²) in [6.07, 6.45) is -4.73. The summed E-state index contributed by atoms with van der Waals surface area (Å²) in [5.41, 5.74) is -2.20. The first kappa shape index (κ1) is 18.2. The summed E-state index contributed by atoms with van der Waals surface area (Å²) in [7, 11) is 0. The molecule has 24 heavy (non-hydrogen) atoms. The predicted molar refractivity (Wildman–Crippen MR) is 83.2 cm³/mol. The van der Waals surface area contributed by atoms with Crippen LogP contribution in [-0.2, 0) is 10.9 Å². The third-order valence-corrected chi connectivity index (χ3v) is 3.56. The number of carbonyl (C=O) groups is 1. The second-order valence-corrected chi connectivity index (χ2v) is 5.34. The zero-order valence-electron chi connectivity index (χ0n) is 12.1. The van der Waals surface area contributed by atoms with E-state index in [2.05, 4.69) is 0 Å². The van der Waals surface area contributed by atoms with Crippen LogP contribution in [0.4, 0.5) is 13.2 Å². The summed E-state index contributed by atoms with van der Waals surface area (Å²) < 4.78 is 43.2. The second kappa shape index (κ2) is 6.78. The number of ether oxygens (including phenoxy) is 1. The SMILES string of the molecule is CCOC(=O)c1cc(-n2c(=O)cc(C(F)(F)F)[nH]c2=S)ccc1Cl. The van der Waals surface area contributed by atoms with Crippen molar-refractivity contribution in [3.8, 4) is 5.69 Å². The van der Waals surface area contributed by atoms with Gasteiger partial charge in [0.15, 0.2) is 4.77 Å². The highest BCUT2D eigenvalue weighted by atomic mass is 35.5. The largest absolute Gasteiger partial charge is 0.462 e. The van der Waals surface area contributed by atoms with E-state index in [-0.39, 0.29) is 22.9 Å². The van der Waals surface area contributed by atoms with Crippen LogP contribution in [0.2, 0.25) is 5.02 Å². The molecule has 0 bridgehead atoms. The van der Waals surface area contributed by atoms with Crippen molar-refractivity contribution in [2.45, 2.75) is 13.1 Å². The Balaban J connectivity index is 2.62. The van der Waals surface area contributed by atoms with Gasteiger partial charge in [0, 0.05) is 6.07 Å². The summed E-state index contributed by atoms with van der Waals surface area (Å²) in [5.74, 6) is -0.723. The third-order valence-electron chi connectivity index (χ3n) is 2.94. The second-order valence-electron chi connectivity index (χ2n) is 4.54. The maximum absolute atomic E-state index is 12.7. The van der Waals surface area contributed by atoms with Crippen LogP contribution >= 0.6 is 23.8 Å². The Kier molecular flexibility index (Phi) is 5.14. The Morgan fingerprint density at radius 1 is 1.38 bits per heavy atom. The molecule has 0 aliphatic rings. The monoisotopic (exact) mass is 378 g/mol. The molecule has 1 aromatic heterocycles. The van der Waals surface area contributed by atoms with E-state index in [1.54, 1.807) is 6.92 Å². The Morgan fingerprint density at radius 2 is 2.04 bits per heavy atom. The number of halogens is 4. The van der Waals surface area contributed by atoms with Gasteiger partial charge in [0.2, 0.25) is 0 Å². The van der Waals surface area contributed by atoms with Gasteiger partial charge in [-0.05, 0) is 37.3 Å². The molecule has 0 atom stereocenters. The summed E-state index contributed by atoms with van der Waals surface area (Å²) in [4.78, 5) is 25.8. The van der Waals surface area contributed by atoms with Crippen molar-refractivity contribution in [2.75, 3.05) is 6.61 Å². The summed E-state index contributed by atoms with van der Waals surface area (Å²) in [6, 6.07) is 4.28. The average molecular weight is 379 g/mol. The summed E-state index contributed by atoms with van der Waals surface area (Å²) in [6.45, 7) is 1.71. The van der Waals surface area contributed by atoms with Crippen LogP contribution in [0.3, 0.4) is 0 Å². The zero-order chi connectivity index (χ0) is 18.1. The van der Waals surface area contributed by atoms with Gasteiger partial charge in [-0.15, -0.1) is 0 Å². The van der Waals surface area contributed by atoms with Gasteiger partial charge in [-0.2, -0.15) is 13.2 Å². The van der Waals surface area contributed by atoms with Gasteiger partial charge in [0.05, 0.1) is 22.9 Å². The Morgan fingerprint density at radius 3 is 2.58 bits per heavy atom. The number of nitrogens with zero attached hydrogens (tertiary/aromatic N) is 1. The minimum Gasteiger partial charge on any atom is -0.462 e. The van der Waals surface area contributed by atoms with Gasteiger partial charge in [0.25, 0.3) is 5.56 Å². The molecule has 10 heteroatoms. The molecule has 2 rings (SSSR count). The lowest BCUT2D eigenvalue weighted by Gasteiger charge is -2.12. The molecule has 1 heterocycles. The number of carbonyl (C=O) groups excluding carboxylic acids is 1. The lowest BCUT2D eigenvalue weighted by atomic mass is 10.2. The Bertz CT molecular complexity index is 874. The molecule has 1 aromatic carbocycles. The molecule has 0 aliphatic heterocycles. The van der Waals surface area contributed by atoms with E-state index in [0.29, 0.717) is 6.07 Å². The van der Waals surface area contributed by atoms with Crippen molar-refractivity contribution in [3.63, 3.8) is 0 Å². The fourth-order valence-corrected chi connectivity index (χ4v) is 2.41. The first-order valence-electron chi connectivity index (χ1n) is 6.55. The van der Waals surface area contributed by atoms with Crippen LogP contribution in [0, 0.1) is 4.77 Å². The number of esters is 1. The molecule has 0 fully saturated rings. The molecular formula is C14H10ClF3N2O3S. The predicted octanol–water partition coefficient (Wildman–Crippen LogP) is 3.74. The van der Waals surface area contributed by atoms with Crippen LogP contribution in [0.15, 0.2) is 29.1 Å². The minimum absolute atomic E-state index is 0.0304. The highest BCUT2D eigenvalue weighted by Crippen LogP contribution is 2.27. The van der Waals surface area contributed by atoms with Crippen LogP contribution in [0.1, 0.15) is 23.0 Å². The van der Waals surface area contributed by atoms with Gasteiger partial charge in [-0.3, -0.25) is 9.36 Å². The van der Waals surface area contributed by atoms with E-state index in [4.69, 9.17) is 28.6 Å². The molecule has 0 unspecified atom stereocenters. The Labute approximate surface area is 143 Å². The number of hydrogen-bond acceptors (Lipinski definition) is 4. The van der Waals surface area contributed by atoms with Crippen LogP contribution < -0.4 is 5.56 Å². The highest BCUT2D eigenvalue weighted by molar-refractivity contribution is 7.71. The molecule has 0 radical (unpaired) electrons. The quantitative estimate of drug-likeness (QED) is 0.652. The maximum atomic E-state index is 12.7. The number of nitrogens with one attached hydrogen (secondary N) is 1. The maximum Gasteiger partial charge on any atom is 0.431 e. The number of aromatic amines is 1. The topological polar surface area (TPSA) is 64.1 Å². The average Bonchev–Trinajstić information content (AvgIpc) is 2.47. The molecule has 1 N–H and O–H groups in total. The Hall–Kier alpha value is -2.13. The van der Waals surface area contributed by atoms with Crippen molar-refractivity contribution in [2.24, 2.45) is 0 Å². The van der Waals surface area contributed by atoms with Gasteiger partial charge in [-0.1, -0.05) is 11.6 Å². The van der Waals surface area contributed by atoms with E-state index >= 15 is 0 Å². The molecule has 0 saturated heterocycles. The molecule has 0 spiro atoms. The van der Waals surface area contributed by atoms with Gasteiger partial charge in [-0.25, -0.2) is 4.79 Å². The summed E-state index contributed by atoms with van der Waals surface area (Å²) >= 11 is 10.7. The fourth-order valence-electron chi connectivity index (χ4n) is 1.91. The number of aromatic nitrogens is 2. The lowest BCUT2D eigenvalue weighted by Crippen LogP contribution is -2.24. The number of alkyl halides is 3. The number of H-pyrrole nitrogens is 1. The van der Waals surface area contributed by atoms with Crippen molar-refractivity contribution < 1.29 is 22.7 Å². The highest BCUT2D eigenvalue weighted by Gasteiger charge is 2.32. The van der Waals surface area contributed by atoms with Gasteiger partial charge in [0.1, 0.15) is 5.69 Å². The molecule has 5 nitrogen and oxygen atoms in total. The minimum atomic E-state index is -4.73. The van der Waals surface area contributed by atoms with Crippen molar-refractivity contribution in [1.82, 2.24) is 9.55 Å². The molecule has 0 aliphatic carbocycles. The first-order chi connectivity index (χ1) is 11.1. The van der Waals surface area contributed by atoms with E-state index < -0.39 is 28.2 Å². The normalized spacial score (nSPS) is 11.4. The number of hydrogen-bond donors (Lipinski definition) is 1. The smallest absolute Gasteiger partial charge is 0.431 e. The van der Waals surface area contributed by atoms with Crippen molar-refractivity contribution in [1.29, 1.82) is 0 Å². The van der Waals surface area contributed by atoms with Crippen LogP contribution in [0.5, 0.6) is 0 Å². The van der Waals surface area contributed by atoms with E-state index in [9.17, 15) is 22.8 Å². The molecule has 128 valence electrons. The van der Waals surface area contributed by atoms with Crippen molar-refractivity contribution >= 4 is 29.8 Å². The van der Waals surface area contributed by atoms with E-state index in [0.717, 1.165) is 4.57 Å². The van der Waals surface area contributed by atoms with Crippen molar-refractivity contribution in [3.05, 3.63) is 55.7 Å². The molecular weight excluding hydrogens is 369 g/mol. The molecule has 2 aromatic rings. The van der Waals surface area contributed by atoms with Crippen LogP contribution in [0.25, 0.3) is 5.69 Å². The van der Waals surface area contributed by atoms with Crippen LogP contribution in [-0.4, -0.2) is 22.1 Å². The number of rotatable bonds is 3. The zero-order valence-corrected chi connectivity index (χ0v) is 13.7. The molecule has 0 saturated carbocycles. The van der Waals surface area contributed by atoms with Gasteiger partial charge < -0.3 is 9.72 Å². The van der Waals surface area contributed by atoms with E-state index in [1.807, 2.05) is 4.98 Å². The molecule has 0 amide bonds. The summed E-state index contributed by atoms with van der Waals surface area (Å²) in [5, 5.41) is 0.0760. The lowest BCUT2D eigenvalue weighted by molar-refractivity contribution is -0.141. The fraction of sp³-hybridized carbons (Fsp3) is 0.214. The van der Waals surface area contributed by atoms with Gasteiger partial charge >= 0.3 is 12.1 Å². The number of benzene rings is 1. The standard InChI is InChI=1S/C14H10ClF3N2O3S/c1-2-23-12(22)8-5-7(3-4-9(8)15)20-11(21)6-10(14(16,17)18)19-13(20)24/h3-6H,2H2,1H3,(H,19,24). The third kappa shape index (κ3) is 3.68.